The highest BCUT2D eigenvalue weighted by Crippen LogP contribution is 2.20. The Bertz CT molecular complexity index is 980. The molecule has 0 unspecified atom stereocenters. The minimum atomic E-state index is -1.68. The van der Waals surface area contributed by atoms with E-state index in [9.17, 15) is 22.8 Å². The van der Waals surface area contributed by atoms with E-state index in [2.05, 4.69) is 10.4 Å². The second-order valence-electron chi connectivity index (χ2n) is 5.08. The minimum Gasteiger partial charge on any atom is -0.350 e. The van der Waals surface area contributed by atoms with Crippen LogP contribution in [0.5, 0.6) is 0 Å². The van der Waals surface area contributed by atoms with Gasteiger partial charge in [0, 0.05) is 21.5 Å². The van der Waals surface area contributed by atoms with Crippen LogP contribution in [0.2, 0.25) is 5.02 Å². The Morgan fingerprint density at radius 1 is 0.920 bits per heavy atom. The van der Waals surface area contributed by atoms with Crippen LogP contribution in [0.15, 0.2) is 36.4 Å². The lowest BCUT2D eigenvalue weighted by Gasteiger charge is -2.07. The summed E-state index contributed by atoms with van der Waals surface area (Å²) in [4.78, 5) is 26.6. The lowest BCUT2D eigenvalue weighted by Crippen LogP contribution is -2.41. The first-order valence-electron chi connectivity index (χ1n) is 6.88. The average molecular weight is 368 g/mol. The van der Waals surface area contributed by atoms with E-state index in [0.717, 1.165) is 0 Å². The van der Waals surface area contributed by atoms with Gasteiger partial charge in [-0.25, -0.2) is 13.2 Å². The van der Waals surface area contributed by atoms with Gasteiger partial charge in [-0.1, -0.05) is 11.6 Å². The largest absolute Gasteiger partial charge is 0.350 e. The van der Waals surface area contributed by atoms with Gasteiger partial charge in [-0.2, -0.15) is 0 Å². The molecule has 3 aromatic rings. The Balaban J connectivity index is 1.71. The standard InChI is InChI=1S/C16H9ClF3N3O2/c17-9-1-2-12-7(3-9)6-13(21-12)16(25)23-22-15(24)8-4-10(18)14(20)11(19)5-8/h1-6,21H,(H,22,24)(H,23,25). The van der Waals surface area contributed by atoms with Crippen LogP contribution in [-0.2, 0) is 0 Å². The van der Waals surface area contributed by atoms with Gasteiger partial charge in [-0.05, 0) is 36.4 Å². The predicted octanol–water partition coefficient (Wildman–Crippen LogP) is 3.31. The summed E-state index contributed by atoms with van der Waals surface area (Å²) in [7, 11) is 0. The molecule has 25 heavy (non-hydrogen) atoms. The summed E-state index contributed by atoms with van der Waals surface area (Å²) in [6.45, 7) is 0. The van der Waals surface area contributed by atoms with Crippen LogP contribution < -0.4 is 10.9 Å². The number of amides is 2. The van der Waals surface area contributed by atoms with Crippen molar-refractivity contribution in [3.63, 3.8) is 0 Å². The van der Waals surface area contributed by atoms with Crippen molar-refractivity contribution in [3.8, 4) is 0 Å². The first-order chi connectivity index (χ1) is 11.8. The van der Waals surface area contributed by atoms with Gasteiger partial charge in [-0.15, -0.1) is 0 Å². The number of hydrazine groups is 1. The van der Waals surface area contributed by atoms with Crippen LogP contribution in [-0.4, -0.2) is 16.8 Å². The van der Waals surface area contributed by atoms with Gasteiger partial charge in [0.1, 0.15) is 5.69 Å². The third-order valence-electron chi connectivity index (χ3n) is 3.36. The number of carbonyl (C=O) groups is 2. The summed E-state index contributed by atoms with van der Waals surface area (Å²) < 4.78 is 39.1. The predicted molar refractivity (Wildman–Crippen MR) is 84.6 cm³/mol. The molecule has 1 heterocycles. The van der Waals surface area contributed by atoms with Crippen molar-refractivity contribution in [1.29, 1.82) is 0 Å². The molecule has 0 aliphatic rings. The number of carbonyl (C=O) groups excluding carboxylic acids is 2. The fourth-order valence-corrected chi connectivity index (χ4v) is 2.35. The number of halogens is 4. The van der Waals surface area contributed by atoms with Crippen molar-refractivity contribution in [3.05, 3.63) is 70.1 Å². The molecule has 5 nitrogen and oxygen atoms in total. The van der Waals surface area contributed by atoms with Gasteiger partial charge < -0.3 is 4.98 Å². The van der Waals surface area contributed by atoms with Crippen molar-refractivity contribution in [2.24, 2.45) is 0 Å². The Hall–Kier alpha value is -3.00. The smallest absolute Gasteiger partial charge is 0.286 e. The molecule has 0 fully saturated rings. The van der Waals surface area contributed by atoms with Crippen LogP contribution in [0.25, 0.3) is 10.9 Å². The summed E-state index contributed by atoms with van der Waals surface area (Å²) in [5, 5.41) is 1.18. The normalized spacial score (nSPS) is 10.7. The molecule has 0 atom stereocenters. The van der Waals surface area contributed by atoms with Crippen molar-refractivity contribution in [2.45, 2.75) is 0 Å². The summed E-state index contributed by atoms with van der Waals surface area (Å²) in [6, 6.07) is 7.51. The van der Waals surface area contributed by atoms with E-state index in [0.29, 0.717) is 28.1 Å². The maximum absolute atomic E-state index is 13.1. The first kappa shape index (κ1) is 16.8. The summed E-state index contributed by atoms with van der Waals surface area (Å²) in [5.41, 5.74) is 4.37. The highest BCUT2D eigenvalue weighted by Gasteiger charge is 2.16. The Morgan fingerprint density at radius 3 is 2.24 bits per heavy atom. The molecule has 3 rings (SSSR count). The molecule has 0 spiro atoms. The number of aromatic nitrogens is 1. The molecule has 1 aromatic heterocycles. The average Bonchev–Trinajstić information content (AvgIpc) is 2.99. The number of H-pyrrole nitrogens is 1. The molecule has 2 aromatic carbocycles. The number of rotatable bonds is 2. The number of nitrogens with one attached hydrogen (secondary N) is 3. The second-order valence-corrected chi connectivity index (χ2v) is 5.51. The number of benzene rings is 2. The lowest BCUT2D eigenvalue weighted by molar-refractivity contribution is 0.0844. The monoisotopic (exact) mass is 367 g/mol. The van der Waals surface area contributed by atoms with Crippen LogP contribution >= 0.6 is 11.6 Å². The highest BCUT2D eigenvalue weighted by atomic mass is 35.5. The third-order valence-corrected chi connectivity index (χ3v) is 3.60. The molecule has 3 N–H and O–H groups in total. The van der Waals surface area contributed by atoms with E-state index < -0.39 is 34.8 Å². The van der Waals surface area contributed by atoms with Gasteiger partial charge in [0.05, 0.1) is 0 Å². The van der Waals surface area contributed by atoms with E-state index in [1.54, 1.807) is 18.2 Å². The van der Waals surface area contributed by atoms with Gasteiger partial charge >= 0.3 is 0 Å². The van der Waals surface area contributed by atoms with E-state index in [4.69, 9.17) is 11.6 Å². The summed E-state index contributed by atoms with van der Waals surface area (Å²) in [6.07, 6.45) is 0. The van der Waals surface area contributed by atoms with Crippen LogP contribution in [0, 0.1) is 17.5 Å². The zero-order chi connectivity index (χ0) is 18.1. The molecule has 0 aliphatic heterocycles. The minimum absolute atomic E-state index is 0.133. The second kappa shape index (κ2) is 6.48. The van der Waals surface area contributed by atoms with Crippen LogP contribution in [0.3, 0.4) is 0 Å². The molecule has 0 saturated heterocycles. The Kier molecular flexibility index (Phi) is 4.37. The SMILES string of the molecule is O=C(NNC(=O)c1cc2cc(Cl)ccc2[nH]1)c1cc(F)c(F)c(F)c1. The van der Waals surface area contributed by atoms with Crippen molar-refractivity contribution in [1.82, 2.24) is 15.8 Å². The van der Waals surface area contributed by atoms with Crippen molar-refractivity contribution >= 4 is 34.3 Å². The zero-order valence-corrected chi connectivity index (χ0v) is 13.0. The molecule has 128 valence electrons. The van der Waals surface area contributed by atoms with Gasteiger partial charge in [0.25, 0.3) is 11.8 Å². The Morgan fingerprint density at radius 2 is 1.56 bits per heavy atom. The van der Waals surface area contributed by atoms with Crippen LogP contribution in [0.1, 0.15) is 20.8 Å². The number of hydrogen-bond acceptors (Lipinski definition) is 2. The lowest BCUT2D eigenvalue weighted by atomic mass is 10.2. The van der Waals surface area contributed by atoms with Crippen molar-refractivity contribution in [2.75, 3.05) is 0 Å². The van der Waals surface area contributed by atoms with Gasteiger partial charge in [0.2, 0.25) is 0 Å². The van der Waals surface area contributed by atoms with E-state index in [1.807, 2.05) is 5.43 Å². The maximum Gasteiger partial charge on any atom is 0.286 e. The zero-order valence-electron chi connectivity index (χ0n) is 12.3. The maximum atomic E-state index is 13.1. The van der Waals surface area contributed by atoms with E-state index in [-0.39, 0.29) is 5.69 Å². The number of hydrogen-bond donors (Lipinski definition) is 3. The van der Waals surface area contributed by atoms with E-state index >= 15 is 0 Å². The van der Waals surface area contributed by atoms with Crippen molar-refractivity contribution < 1.29 is 22.8 Å². The molecular weight excluding hydrogens is 359 g/mol. The van der Waals surface area contributed by atoms with Crippen LogP contribution in [0.4, 0.5) is 13.2 Å². The first-order valence-corrected chi connectivity index (χ1v) is 7.26. The number of aromatic amines is 1. The third kappa shape index (κ3) is 3.43. The fraction of sp³-hybridized carbons (Fsp3) is 0. The molecule has 2 amide bonds. The molecule has 0 aliphatic carbocycles. The van der Waals surface area contributed by atoms with E-state index in [1.165, 1.54) is 6.07 Å². The molecule has 0 saturated carbocycles. The topological polar surface area (TPSA) is 74.0 Å². The number of fused-ring (bicyclic) bond motifs is 1. The molecular formula is C16H9ClF3N3O2. The Labute approximate surface area is 143 Å². The summed E-state index contributed by atoms with van der Waals surface area (Å²) >= 11 is 5.86. The fourth-order valence-electron chi connectivity index (χ4n) is 2.17. The molecule has 0 radical (unpaired) electrons. The van der Waals surface area contributed by atoms with Gasteiger partial charge in [0.15, 0.2) is 17.5 Å². The molecule has 9 heteroatoms. The quantitative estimate of drug-likeness (QED) is 0.480. The highest BCUT2D eigenvalue weighted by molar-refractivity contribution is 6.31. The molecule has 0 bridgehead atoms. The van der Waals surface area contributed by atoms with Gasteiger partial charge in [-0.3, -0.25) is 20.4 Å². The summed E-state index contributed by atoms with van der Waals surface area (Å²) in [5.74, 6) is -6.40.